The van der Waals surface area contributed by atoms with Gasteiger partial charge < -0.3 is 23.8 Å². The topological polar surface area (TPSA) is 80.9 Å². The van der Waals surface area contributed by atoms with Crippen molar-refractivity contribution in [1.82, 2.24) is 15.0 Å². The Morgan fingerprint density at radius 1 is 1.00 bits per heavy atom. The lowest BCUT2D eigenvalue weighted by Crippen LogP contribution is -2.50. The van der Waals surface area contributed by atoms with Crippen LogP contribution in [0.2, 0.25) is 0 Å². The molecule has 1 aliphatic heterocycles. The average Bonchev–Trinajstić information content (AvgIpc) is 3.59. The van der Waals surface area contributed by atoms with Gasteiger partial charge in [-0.1, -0.05) is 5.16 Å². The van der Waals surface area contributed by atoms with E-state index in [1.165, 1.54) is 0 Å². The maximum absolute atomic E-state index is 12.5. The lowest BCUT2D eigenvalue weighted by atomic mass is 10.1. The van der Waals surface area contributed by atoms with Crippen LogP contribution in [0.4, 0.5) is 5.69 Å². The van der Waals surface area contributed by atoms with Crippen LogP contribution in [-0.4, -0.2) is 60.8 Å². The van der Waals surface area contributed by atoms with E-state index in [4.69, 9.17) is 14.0 Å². The number of methoxy groups -OCH3 is 1. The smallest absolute Gasteiger partial charge is 0.260 e. The second-order valence-corrected chi connectivity index (χ2v) is 8.11. The highest BCUT2D eigenvalue weighted by Crippen LogP contribution is 2.39. The number of benzene rings is 2. The normalized spacial score (nSPS) is 16.2. The molecule has 0 spiro atoms. The fourth-order valence-corrected chi connectivity index (χ4v) is 3.79. The molecule has 5 rings (SSSR count). The Morgan fingerprint density at radius 2 is 1.69 bits per heavy atom. The number of amides is 1. The molecular formula is C24H26N4O4. The van der Waals surface area contributed by atoms with Crippen molar-refractivity contribution in [3.8, 4) is 22.9 Å². The largest absolute Gasteiger partial charge is 0.497 e. The van der Waals surface area contributed by atoms with Crippen LogP contribution in [0.3, 0.4) is 0 Å². The van der Waals surface area contributed by atoms with Gasteiger partial charge in [0.2, 0.25) is 11.7 Å². The summed E-state index contributed by atoms with van der Waals surface area (Å²) in [6, 6.07) is 15.4. The molecule has 0 unspecified atom stereocenters. The van der Waals surface area contributed by atoms with Crippen molar-refractivity contribution in [3.05, 3.63) is 54.4 Å². The highest BCUT2D eigenvalue weighted by molar-refractivity contribution is 5.78. The van der Waals surface area contributed by atoms with Crippen molar-refractivity contribution in [3.63, 3.8) is 0 Å². The van der Waals surface area contributed by atoms with E-state index >= 15 is 0 Å². The Kier molecular flexibility index (Phi) is 5.66. The Balaban J connectivity index is 1.11. The van der Waals surface area contributed by atoms with Gasteiger partial charge in [-0.15, -0.1) is 0 Å². The molecular weight excluding hydrogens is 408 g/mol. The summed E-state index contributed by atoms with van der Waals surface area (Å²) in [5, 5.41) is 4.11. The van der Waals surface area contributed by atoms with Gasteiger partial charge in [0.15, 0.2) is 6.61 Å². The van der Waals surface area contributed by atoms with Crippen LogP contribution in [0.5, 0.6) is 11.5 Å². The van der Waals surface area contributed by atoms with Gasteiger partial charge in [-0.25, -0.2) is 0 Å². The van der Waals surface area contributed by atoms with Gasteiger partial charge in [-0.3, -0.25) is 4.79 Å². The summed E-state index contributed by atoms with van der Waals surface area (Å²) in [5.74, 6) is 3.26. The second-order valence-electron chi connectivity index (χ2n) is 8.11. The first-order chi connectivity index (χ1) is 15.7. The number of anilines is 1. The number of piperazine rings is 1. The van der Waals surface area contributed by atoms with Crippen molar-refractivity contribution >= 4 is 11.6 Å². The molecule has 2 aliphatic rings. The second kappa shape index (κ2) is 8.90. The minimum Gasteiger partial charge on any atom is -0.497 e. The van der Waals surface area contributed by atoms with E-state index < -0.39 is 0 Å². The lowest BCUT2D eigenvalue weighted by Gasteiger charge is -2.36. The SMILES string of the molecule is COc1ccc(OCC(=O)N2CCN(c3ccc(-c4noc(C5CC5)n4)cc3)CC2)cc1. The van der Waals surface area contributed by atoms with Crippen molar-refractivity contribution in [2.24, 2.45) is 0 Å². The molecule has 2 heterocycles. The van der Waals surface area contributed by atoms with Crippen LogP contribution in [0.15, 0.2) is 53.1 Å². The summed E-state index contributed by atoms with van der Waals surface area (Å²) >= 11 is 0. The van der Waals surface area contributed by atoms with E-state index in [-0.39, 0.29) is 12.5 Å². The number of ether oxygens (including phenoxy) is 2. The van der Waals surface area contributed by atoms with Crippen molar-refractivity contribution in [2.75, 3.05) is 44.8 Å². The molecule has 2 fully saturated rings. The zero-order valence-corrected chi connectivity index (χ0v) is 18.1. The molecule has 8 nitrogen and oxygen atoms in total. The van der Waals surface area contributed by atoms with Gasteiger partial charge in [0.25, 0.3) is 5.91 Å². The van der Waals surface area contributed by atoms with E-state index in [0.29, 0.717) is 30.6 Å². The predicted octanol–water partition coefficient (Wildman–Crippen LogP) is 3.35. The minimum absolute atomic E-state index is 0.000565. The Bertz CT molecular complexity index is 1050. The molecule has 3 aromatic rings. The van der Waals surface area contributed by atoms with E-state index in [1.54, 1.807) is 19.2 Å². The number of nitrogens with zero attached hydrogens (tertiary/aromatic N) is 4. The summed E-state index contributed by atoms with van der Waals surface area (Å²) in [4.78, 5) is 21.2. The van der Waals surface area contributed by atoms with Crippen molar-refractivity contribution in [1.29, 1.82) is 0 Å². The van der Waals surface area contributed by atoms with Crippen molar-refractivity contribution < 1.29 is 18.8 Å². The van der Waals surface area contributed by atoms with Crippen LogP contribution in [-0.2, 0) is 4.79 Å². The molecule has 2 aromatic carbocycles. The van der Waals surface area contributed by atoms with Crippen LogP contribution in [0.25, 0.3) is 11.4 Å². The minimum atomic E-state index is -0.000565. The zero-order chi connectivity index (χ0) is 21.9. The van der Waals surface area contributed by atoms with E-state index in [0.717, 1.165) is 48.8 Å². The molecule has 166 valence electrons. The first-order valence-electron chi connectivity index (χ1n) is 10.9. The molecule has 1 aliphatic carbocycles. The number of carbonyl (C=O) groups is 1. The molecule has 0 radical (unpaired) electrons. The van der Waals surface area contributed by atoms with Gasteiger partial charge in [0, 0.05) is 43.3 Å². The highest BCUT2D eigenvalue weighted by Gasteiger charge is 2.29. The summed E-state index contributed by atoms with van der Waals surface area (Å²) in [6.45, 7) is 2.93. The van der Waals surface area contributed by atoms with Crippen LogP contribution >= 0.6 is 0 Å². The number of aromatic nitrogens is 2. The van der Waals surface area contributed by atoms with E-state index in [2.05, 4.69) is 27.2 Å². The quantitative estimate of drug-likeness (QED) is 0.564. The maximum atomic E-state index is 12.5. The van der Waals surface area contributed by atoms with Crippen LogP contribution in [0, 0.1) is 0 Å². The molecule has 1 saturated carbocycles. The third kappa shape index (κ3) is 4.54. The van der Waals surface area contributed by atoms with Gasteiger partial charge >= 0.3 is 0 Å². The lowest BCUT2D eigenvalue weighted by molar-refractivity contribution is -0.133. The number of hydrogen-bond acceptors (Lipinski definition) is 7. The van der Waals surface area contributed by atoms with Gasteiger partial charge in [0.05, 0.1) is 7.11 Å². The third-order valence-electron chi connectivity index (χ3n) is 5.91. The van der Waals surface area contributed by atoms with Gasteiger partial charge in [-0.2, -0.15) is 4.98 Å². The van der Waals surface area contributed by atoms with E-state index in [1.807, 2.05) is 29.2 Å². The number of carbonyl (C=O) groups excluding carboxylic acids is 1. The zero-order valence-electron chi connectivity index (χ0n) is 18.1. The fourth-order valence-electron chi connectivity index (χ4n) is 3.79. The molecule has 0 N–H and O–H groups in total. The number of hydrogen-bond donors (Lipinski definition) is 0. The molecule has 1 saturated heterocycles. The maximum Gasteiger partial charge on any atom is 0.260 e. The summed E-state index contributed by atoms with van der Waals surface area (Å²) in [5.41, 5.74) is 2.08. The predicted molar refractivity (Wildman–Crippen MR) is 119 cm³/mol. The standard InChI is InChI=1S/C24H26N4O4/c1-30-20-8-10-21(11-9-20)31-16-22(29)28-14-12-27(13-15-28)19-6-4-17(5-7-19)23-25-24(32-26-23)18-2-3-18/h4-11,18H,2-3,12-16H2,1H3. The van der Waals surface area contributed by atoms with Gasteiger partial charge in [-0.05, 0) is 61.4 Å². The van der Waals surface area contributed by atoms with E-state index in [9.17, 15) is 4.79 Å². The first-order valence-corrected chi connectivity index (χ1v) is 10.9. The highest BCUT2D eigenvalue weighted by atomic mass is 16.5. The summed E-state index contributed by atoms with van der Waals surface area (Å²) < 4.78 is 16.1. The third-order valence-corrected chi connectivity index (χ3v) is 5.91. The fraction of sp³-hybridized carbons (Fsp3) is 0.375. The Morgan fingerprint density at radius 3 is 2.34 bits per heavy atom. The molecule has 32 heavy (non-hydrogen) atoms. The van der Waals surface area contributed by atoms with Gasteiger partial charge in [0.1, 0.15) is 11.5 Å². The molecule has 0 atom stereocenters. The number of rotatable bonds is 7. The molecule has 1 amide bonds. The average molecular weight is 434 g/mol. The molecule has 1 aromatic heterocycles. The Labute approximate surface area is 186 Å². The monoisotopic (exact) mass is 434 g/mol. The van der Waals surface area contributed by atoms with Crippen LogP contribution < -0.4 is 14.4 Å². The summed E-state index contributed by atoms with van der Waals surface area (Å²) in [7, 11) is 1.62. The van der Waals surface area contributed by atoms with Crippen LogP contribution in [0.1, 0.15) is 24.7 Å². The molecule has 8 heteroatoms. The van der Waals surface area contributed by atoms with Crippen molar-refractivity contribution in [2.45, 2.75) is 18.8 Å². The Hall–Kier alpha value is -3.55. The first kappa shape index (κ1) is 20.4. The summed E-state index contributed by atoms with van der Waals surface area (Å²) in [6.07, 6.45) is 2.28. The molecule has 0 bridgehead atoms.